The van der Waals surface area contributed by atoms with Gasteiger partial charge in [-0.25, -0.2) is 4.79 Å². The van der Waals surface area contributed by atoms with Crippen molar-refractivity contribution in [2.75, 3.05) is 45.7 Å². The van der Waals surface area contributed by atoms with E-state index in [-0.39, 0.29) is 36.0 Å². The van der Waals surface area contributed by atoms with Crippen LogP contribution in [0.2, 0.25) is 0 Å². The highest BCUT2D eigenvalue weighted by atomic mass is 16.5. The molecular weight excluding hydrogens is 444 g/mol. The van der Waals surface area contributed by atoms with Gasteiger partial charge in [0.2, 0.25) is 0 Å². The van der Waals surface area contributed by atoms with Crippen LogP contribution in [0.15, 0.2) is 18.2 Å². The van der Waals surface area contributed by atoms with Crippen molar-refractivity contribution in [3.63, 3.8) is 0 Å². The molecule has 8 nitrogen and oxygen atoms in total. The monoisotopic (exact) mass is 488 g/mol. The molecule has 0 bridgehead atoms. The van der Waals surface area contributed by atoms with Crippen LogP contribution in [0.5, 0.6) is 5.75 Å². The molecule has 1 fully saturated rings. The maximum absolute atomic E-state index is 13.5. The largest absolute Gasteiger partial charge is 0.491 e. The summed E-state index contributed by atoms with van der Waals surface area (Å²) in [5.74, 6) is 0.634. The molecule has 1 saturated carbocycles. The van der Waals surface area contributed by atoms with Gasteiger partial charge in [-0.1, -0.05) is 33.1 Å². The van der Waals surface area contributed by atoms with Gasteiger partial charge in [-0.05, 0) is 56.8 Å². The van der Waals surface area contributed by atoms with E-state index in [1.165, 1.54) is 6.42 Å². The summed E-state index contributed by atoms with van der Waals surface area (Å²) in [4.78, 5) is 30.2. The van der Waals surface area contributed by atoms with Crippen LogP contribution >= 0.6 is 0 Å². The first-order valence-electron chi connectivity index (χ1n) is 13.2. The lowest BCUT2D eigenvalue weighted by Gasteiger charge is -2.35. The predicted molar refractivity (Wildman–Crippen MR) is 139 cm³/mol. The number of benzene rings is 1. The first-order chi connectivity index (χ1) is 16.8. The first-order valence-corrected chi connectivity index (χ1v) is 13.2. The Morgan fingerprint density at radius 3 is 2.60 bits per heavy atom. The van der Waals surface area contributed by atoms with Crippen LogP contribution in [-0.2, 0) is 4.74 Å². The highest BCUT2D eigenvalue weighted by Crippen LogP contribution is 2.27. The Bertz CT molecular complexity index is 842. The summed E-state index contributed by atoms with van der Waals surface area (Å²) in [5.41, 5.74) is 1.02. The van der Waals surface area contributed by atoms with Crippen LogP contribution in [-0.4, -0.2) is 80.3 Å². The molecule has 3 amide bonds. The number of hydrogen-bond donors (Lipinski definition) is 2. The number of urea groups is 1. The number of likely N-dealkylation sites (N-methyl/N-ethyl adjacent to an activating group) is 1. The van der Waals surface area contributed by atoms with E-state index >= 15 is 0 Å². The third-order valence-electron chi connectivity index (χ3n) is 7.28. The summed E-state index contributed by atoms with van der Waals surface area (Å²) in [7, 11) is 3.50. The maximum Gasteiger partial charge on any atom is 0.319 e. The second-order valence-corrected chi connectivity index (χ2v) is 10.2. The summed E-state index contributed by atoms with van der Waals surface area (Å²) in [6.07, 6.45) is 6.54. The Morgan fingerprint density at radius 2 is 1.91 bits per heavy atom. The number of methoxy groups -OCH3 is 1. The second kappa shape index (κ2) is 13.1. The van der Waals surface area contributed by atoms with Crippen molar-refractivity contribution in [2.45, 2.75) is 77.5 Å². The molecule has 0 radical (unpaired) electrons. The molecular formula is C27H44N4O4. The smallest absolute Gasteiger partial charge is 0.319 e. The number of anilines is 1. The maximum atomic E-state index is 13.5. The van der Waals surface area contributed by atoms with Crippen LogP contribution in [0, 0.1) is 5.92 Å². The Balaban J connectivity index is 1.82. The Kier molecular flexibility index (Phi) is 10.2. The fourth-order valence-electron chi connectivity index (χ4n) is 5.13. The quantitative estimate of drug-likeness (QED) is 0.644. The molecule has 0 aromatic heterocycles. The molecule has 1 aliphatic heterocycles. The van der Waals surface area contributed by atoms with Gasteiger partial charge < -0.3 is 25.0 Å². The summed E-state index contributed by atoms with van der Waals surface area (Å²) < 4.78 is 12.0. The average molecular weight is 489 g/mol. The van der Waals surface area contributed by atoms with Crippen LogP contribution in [0.3, 0.4) is 0 Å². The minimum absolute atomic E-state index is 0.0816. The zero-order chi connectivity index (χ0) is 25.4. The molecule has 196 valence electrons. The number of rotatable bonds is 5. The number of carbonyl (C=O) groups excluding carboxylic acids is 2. The van der Waals surface area contributed by atoms with Gasteiger partial charge in [-0.3, -0.25) is 9.69 Å². The summed E-state index contributed by atoms with van der Waals surface area (Å²) in [6, 6.07) is 5.48. The molecule has 3 rings (SSSR count). The van der Waals surface area contributed by atoms with Gasteiger partial charge in [0.05, 0.1) is 11.7 Å². The fraction of sp³-hybridized carbons (Fsp3) is 0.704. The van der Waals surface area contributed by atoms with E-state index in [4.69, 9.17) is 9.47 Å². The minimum atomic E-state index is -0.233. The van der Waals surface area contributed by atoms with Crippen molar-refractivity contribution in [1.82, 2.24) is 15.1 Å². The average Bonchev–Trinajstić information content (AvgIpc) is 2.85. The van der Waals surface area contributed by atoms with E-state index in [1.807, 2.05) is 0 Å². The van der Waals surface area contributed by atoms with Crippen LogP contribution in [0.25, 0.3) is 0 Å². The summed E-state index contributed by atoms with van der Waals surface area (Å²) in [6.45, 7) is 9.33. The molecule has 1 aromatic rings. The van der Waals surface area contributed by atoms with E-state index in [1.54, 1.807) is 37.3 Å². The number of hydrogen-bond acceptors (Lipinski definition) is 5. The van der Waals surface area contributed by atoms with Gasteiger partial charge in [0, 0.05) is 45.0 Å². The van der Waals surface area contributed by atoms with Crippen LogP contribution in [0.4, 0.5) is 10.5 Å². The number of amides is 3. The molecule has 35 heavy (non-hydrogen) atoms. The Labute approximate surface area is 210 Å². The molecule has 2 N–H and O–H groups in total. The lowest BCUT2D eigenvalue weighted by molar-refractivity contribution is 0.0108. The topological polar surface area (TPSA) is 83.1 Å². The van der Waals surface area contributed by atoms with Gasteiger partial charge >= 0.3 is 6.03 Å². The highest BCUT2D eigenvalue weighted by molar-refractivity contribution is 5.99. The Hall–Kier alpha value is -2.32. The van der Waals surface area contributed by atoms with Crippen LogP contribution in [0.1, 0.15) is 69.7 Å². The van der Waals surface area contributed by atoms with Gasteiger partial charge in [-0.2, -0.15) is 0 Å². The van der Waals surface area contributed by atoms with Gasteiger partial charge in [0.25, 0.3) is 5.91 Å². The van der Waals surface area contributed by atoms with E-state index in [0.717, 1.165) is 45.2 Å². The first kappa shape index (κ1) is 27.3. The van der Waals surface area contributed by atoms with Crippen molar-refractivity contribution in [2.24, 2.45) is 5.92 Å². The van der Waals surface area contributed by atoms with Crippen molar-refractivity contribution in [3.8, 4) is 5.75 Å². The number of carbonyl (C=O) groups is 2. The minimum Gasteiger partial charge on any atom is -0.491 e. The molecule has 1 heterocycles. The molecule has 3 atom stereocenters. The van der Waals surface area contributed by atoms with Crippen molar-refractivity contribution >= 4 is 17.6 Å². The normalized spacial score (nSPS) is 25.1. The highest BCUT2D eigenvalue weighted by Gasteiger charge is 2.28. The van der Waals surface area contributed by atoms with Gasteiger partial charge in [0.15, 0.2) is 0 Å². The standard InChI is InChI=1S/C27H44N4O4/c1-6-14-31-16-19(2)25(34-5)17-30(4)26(32)23-15-22(12-13-24(23)35-18-20(31)3)29-27(33)28-21-10-8-7-9-11-21/h12-13,15,19-21,25H,6-11,14,16-18H2,1-5H3,(H2,28,29,33)/t19-,20-,25-/m0/s1. The third kappa shape index (κ3) is 7.58. The third-order valence-corrected chi connectivity index (χ3v) is 7.28. The SMILES string of the molecule is CCCN1C[C@H](C)[C@@H](OC)CN(C)C(=O)c2cc(NC(=O)NC3CCCCC3)ccc2OC[C@@H]1C. The summed E-state index contributed by atoms with van der Waals surface area (Å²) in [5, 5.41) is 5.98. The molecule has 1 aromatic carbocycles. The van der Waals surface area contributed by atoms with Crippen molar-refractivity contribution < 1.29 is 19.1 Å². The number of nitrogens with zero attached hydrogens (tertiary/aromatic N) is 2. The van der Waals surface area contributed by atoms with E-state index < -0.39 is 0 Å². The number of nitrogens with one attached hydrogen (secondary N) is 2. The predicted octanol–water partition coefficient (Wildman–Crippen LogP) is 4.36. The molecule has 1 aliphatic carbocycles. The fourth-order valence-corrected chi connectivity index (χ4v) is 5.13. The number of ether oxygens (including phenoxy) is 2. The lowest BCUT2D eigenvalue weighted by Crippen LogP contribution is -2.46. The molecule has 8 heteroatoms. The Morgan fingerprint density at radius 1 is 1.17 bits per heavy atom. The zero-order valence-electron chi connectivity index (χ0n) is 22.1. The van der Waals surface area contributed by atoms with E-state index in [0.29, 0.717) is 30.2 Å². The van der Waals surface area contributed by atoms with E-state index in [2.05, 4.69) is 36.3 Å². The van der Waals surface area contributed by atoms with Crippen LogP contribution < -0.4 is 15.4 Å². The zero-order valence-corrected chi connectivity index (χ0v) is 22.1. The second-order valence-electron chi connectivity index (χ2n) is 10.2. The molecule has 0 saturated heterocycles. The van der Waals surface area contributed by atoms with Crippen molar-refractivity contribution in [3.05, 3.63) is 23.8 Å². The number of fused-ring (bicyclic) bond motifs is 1. The molecule has 2 aliphatic rings. The summed E-state index contributed by atoms with van der Waals surface area (Å²) >= 11 is 0. The molecule has 0 unspecified atom stereocenters. The molecule has 0 spiro atoms. The van der Waals surface area contributed by atoms with Crippen molar-refractivity contribution in [1.29, 1.82) is 0 Å². The van der Waals surface area contributed by atoms with Gasteiger partial charge in [0.1, 0.15) is 12.4 Å². The van der Waals surface area contributed by atoms with E-state index in [9.17, 15) is 9.59 Å². The lowest BCUT2D eigenvalue weighted by atomic mass is 9.96. The van der Waals surface area contributed by atoms with Gasteiger partial charge in [-0.15, -0.1) is 0 Å².